The van der Waals surface area contributed by atoms with Crippen LogP contribution < -0.4 is 5.73 Å². The second-order valence-electron chi connectivity index (χ2n) is 5.64. The molecule has 2 N–H and O–H groups in total. The zero-order chi connectivity index (χ0) is 14.0. The molecule has 2 rings (SSSR count). The van der Waals surface area contributed by atoms with Crippen molar-refractivity contribution in [2.75, 3.05) is 13.1 Å². The number of nitrogens with zero attached hydrogens (tertiary/aromatic N) is 1. The molecule has 0 spiro atoms. The van der Waals surface area contributed by atoms with E-state index in [1.54, 1.807) is 0 Å². The quantitative estimate of drug-likeness (QED) is 0.833. The largest absolute Gasteiger partial charge is 0.329 e. The molecule has 1 fully saturated rings. The molecule has 0 aromatic heterocycles. The summed E-state index contributed by atoms with van der Waals surface area (Å²) in [5, 5.41) is 0. The van der Waals surface area contributed by atoms with Gasteiger partial charge in [-0.15, -0.1) is 0 Å². The fraction of sp³-hybridized carbons (Fsp3) is 0.600. The maximum Gasteiger partial charge on any atom is 0.0473 e. The minimum Gasteiger partial charge on any atom is -0.329 e. The third kappa shape index (κ3) is 3.60. The average Bonchev–Trinajstić information content (AvgIpc) is 2.37. The molecule has 3 unspecified atom stereocenters. The molecule has 0 radical (unpaired) electrons. The summed E-state index contributed by atoms with van der Waals surface area (Å²) in [6, 6.07) is 7.40. The fourth-order valence-electron chi connectivity index (χ4n) is 3.07. The van der Waals surface area contributed by atoms with E-state index in [2.05, 4.69) is 68.8 Å². The van der Waals surface area contributed by atoms with Gasteiger partial charge in [-0.05, 0) is 81.8 Å². The number of piperidine rings is 1. The first-order valence-electron chi connectivity index (χ1n) is 6.93. The number of hydrogen-bond acceptors (Lipinski definition) is 2. The fourth-order valence-corrected chi connectivity index (χ4v) is 3.71. The molecule has 3 atom stereocenters. The molecule has 4 heteroatoms. The normalized spacial score (nSPS) is 26.4. The molecule has 1 aromatic rings. The van der Waals surface area contributed by atoms with Crippen LogP contribution in [0.4, 0.5) is 0 Å². The Morgan fingerprint density at radius 2 is 2.05 bits per heavy atom. The predicted octanol–water partition coefficient (Wildman–Crippen LogP) is 4.33. The summed E-state index contributed by atoms with van der Waals surface area (Å²) in [5.41, 5.74) is 7.36. The van der Waals surface area contributed by atoms with E-state index in [1.165, 1.54) is 18.4 Å². The van der Waals surface area contributed by atoms with Crippen molar-refractivity contribution in [3.63, 3.8) is 0 Å². The standard InChI is InChI=1S/C15H22Br2N2/c1-10-5-6-19(11(2)7-10)15(9-18)12-3-4-13(16)14(17)8-12/h3-4,8,10-11,15H,5-7,9,18H2,1-2H3. The molecular weight excluding hydrogens is 368 g/mol. The number of hydrogen-bond donors (Lipinski definition) is 1. The highest BCUT2D eigenvalue weighted by atomic mass is 79.9. The Balaban J connectivity index is 2.21. The van der Waals surface area contributed by atoms with Crippen LogP contribution in [0.5, 0.6) is 0 Å². The third-order valence-electron chi connectivity index (χ3n) is 4.14. The van der Waals surface area contributed by atoms with Crippen LogP contribution in [0.25, 0.3) is 0 Å². The molecule has 1 aliphatic rings. The SMILES string of the molecule is CC1CCN(C(CN)c2ccc(Br)c(Br)c2)C(C)C1. The van der Waals surface area contributed by atoms with Crippen LogP contribution in [-0.2, 0) is 0 Å². The first-order chi connectivity index (χ1) is 9.02. The summed E-state index contributed by atoms with van der Waals surface area (Å²) in [6.45, 7) is 6.50. The highest BCUT2D eigenvalue weighted by Crippen LogP contribution is 2.33. The monoisotopic (exact) mass is 388 g/mol. The molecule has 1 saturated heterocycles. The van der Waals surface area contributed by atoms with E-state index in [-0.39, 0.29) is 0 Å². The first-order valence-corrected chi connectivity index (χ1v) is 8.52. The summed E-state index contributed by atoms with van der Waals surface area (Å²) in [5.74, 6) is 0.835. The van der Waals surface area contributed by atoms with Gasteiger partial charge in [0.1, 0.15) is 0 Å². The van der Waals surface area contributed by atoms with Crippen LogP contribution in [0.3, 0.4) is 0 Å². The van der Waals surface area contributed by atoms with Gasteiger partial charge in [-0.3, -0.25) is 4.90 Å². The molecule has 1 heterocycles. The maximum absolute atomic E-state index is 6.05. The van der Waals surface area contributed by atoms with Crippen LogP contribution >= 0.6 is 31.9 Å². The number of nitrogens with two attached hydrogens (primary N) is 1. The Hall–Kier alpha value is 0.1000. The van der Waals surface area contributed by atoms with Crippen molar-refractivity contribution in [1.82, 2.24) is 4.90 Å². The minimum atomic E-state index is 0.326. The summed E-state index contributed by atoms with van der Waals surface area (Å²) >= 11 is 7.11. The first kappa shape index (κ1) is 15.5. The molecule has 1 aromatic carbocycles. The summed E-state index contributed by atoms with van der Waals surface area (Å²) < 4.78 is 2.19. The van der Waals surface area contributed by atoms with Crippen molar-refractivity contribution in [3.8, 4) is 0 Å². The topological polar surface area (TPSA) is 29.3 Å². The van der Waals surface area contributed by atoms with Gasteiger partial charge in [0.05, 0.1) is 0 Å². The number of halogens is 2. The highest BCUT2D eigenvalue weighted by Gasteiger charge is 2.29. The van der Waals surface area contributed by atoms with E-state index >= 15 is 0 Å². The van der Waals surface area contributed by atoms with Crippen molar-refractivity contribution >= 4 is 31.9 Å². The zero-order valence-corrected chi connectivity index (χ0v) is 14.7. The van der Waals surface area contributed by atoms with Gasteiger partial charge < -0.3 is 5.73 Å². The Bertz CT molecular complexity index is 436. The lowest BCUT2D eigenvalue weighted by atomic mass is 9.90. The second-order valence-corrected chi connectivity index (χ2v) is 7.35. The van der Waals surface area contributed by atoms with Gasteiger partial charge in [0.15, 0.2) is 0 Å². The third-order valence-corrected chi connectivity index (χ3v) is 6.02. The van der Waals surface area contributed by atoms with Gasteiger partial charge in [-0.2, -0.15) is 0 Å². The zero-order valence-electron chi connectivity index (χ0n) is 11.6. The van der Waals surface area contributed by atoms with E-state index in [0.29, 0.717) is 18.6 Å². The number of benzene rings is 1. The van der Waals surface area contributed by atoms with Crippen LogP contribution in [0, 0.1) is 5.92 Å². The highest BCUT2D eigenvalue weighted by molar-refractivity contribution is 9.13. The number of likely N-dealkylation sites (tertiary alicyclic amines) is 1. The van der Waals surface area contributed by atoms with Crippen LogP contribution in [0.1, 0.15) is 38.3 Å². The smallest absolute Gasteiger partial charge is 0.0473 e. The van der Waals surface area contributed by atoms with Crippen molar-refractivity contribution in [2.45, 2.75) is 38.8 Å². The molecule has 19 heavy (non-hydrogen) atoms. The lowest BCUT2D eigenvalue weighted by Gasteiger charge is -2.41. The molecule has 0 saturated carbocycles. The van der Waals surface area contributed by atoms with Crippen molar-refractivity contribution in [2.24, 2.45) is 11.7 Å². The predicted molar refractivity (Wildman–Crippen MR) is 88.2 cm³/mol. The molecule has 106 valence electrons. The molecule has 1 aliphatic heterocycles. The van der Waals surface area contributed by atoms with Gasteiger partial charge in [-0.1, -0.05) is 13.0 Å². The van der Waals surface area contributed by atoms with Gasteiger partial charge in [0, 0.05) is 27.6 Å². The van der Waals surface area contributed by atoms with Crippen LogP contribution in [0.15, 0.2) is 27.1 Å². The Kier molecular flexibility index (Phi) is 5.46. The Labute approximate surface area is 133 Å². The Morgan fingerprint density at radius 3 is 2.63 bits per heavy atom. The van der Waals surface area contributed by atoms with E-state index in [0.717, 1.165) is 21.4 Å². The van der Waals surface area contributed by atoms with E-state index in [9.17, 15) is 0 Å². The maximum atomic E-state index is 6.05. The lowest BCUT2D eigenvalue weighted by molar-refractivity contribution is 0.0847. The summed E-state index contributed by atoms with van der Waals surface area (Å²) in [6.07, 6.45) is 2.55. The van der Waals surface area contributed by atoms with Gasteiger partial charge in [-0.25, -0.2) is 0 Å². The van der Waals surface area contributed by atoms with E-state index < -0.39 is 0 Å². The number of rotatable bonds is 3. The van der Waals surface area contributed by atoms with Gasteiger partial charge in [0.2, 0.25) is 0 Å². The lowest BCUT2D eigenvalue weighted by Crippen LogP contribution is -2.44. The minimum absolute atomic E-state index is 0.326. The van der Waals surface area contributed by atoms with Crippen LogP contribution in [-0.4, -0.2) is 24.0 Å². The van der Waals surface area contributed by atoms with Crippen molar-refractivity contribution in [3.05, 3.63) is 32.7 Å². The van der Waals surface area contributed by atoms with Gasteiger partial charge in [0.25, 0.3) is 0 Å². The summed E-state index contributed by atoms with van der Waals surface area (Å²) in [7, 11) is 0. The van der Waals surface area contributed by atoms with E-state index in [4.69, 9.17) is 5.73 Å². The van der Waals surface area contributed by atoms with Gasteiger partial charge >= 0.3 is 0 Å². The van der Waals surface area contributed by atoms with E-state index in [1.807, 2.05) is 0 Å². The van der Waals surface area contributed by atoms with Crippen molar-refractivity contribution < 1.29 is 0 Å². The second kappa shape index (κ2) is 6.70. The molecule has 0 bridgehead atoms. The molecule has 2 nitrogen and oxygen atoms in total. The summed E-state index contributed by atoms with van der Waals surface area (Å²) in [4.78, 5) is 2.57. The molecule has 0 aliphatic carbocycles. The Morgan fingerprint density at radius 1 is 1.32 bits per heavy atom. The molecular formula is C15H22Br2N2. The molecule has 0 amide bonds. The van der Waals surface area contributed by atoms with Crippen LogP contribution in [0.2, 0.25) is 0 Å². The average molecular weight is 390 g/mol. The van der Waals surface area contributed by atoms with Crippen molar-refractivity contribution in [1.29, 1.82) is 0 Å².